The molecule has 1 aromatic rings. The minimum atomic E-state index is -4.52. The van der Waals surface area contributed by atoms with Crippen molar-refractivity contribution in [1.82, 2.24) is 0 Å². The standard InChI is InChI=1S/C7H6F3NO2/c8-7(9,10)4-1-5(11-13)3-6(12)2-4/h1-3,11-13H/p+1. The number of nitrogens with two attached hydrogens (primary N) is 1. The molecule has 4 N–H and O–H groups in total. The lowest BCUT2D eigenvalue weighted by atomic mass is 10.2. The van der Waals surface area contributed by atoms with Gasteiger partial charge in [0, 0.05) is 12.1 Å². The second-order valence-corrected chi connectivity index (χ2v) is 2.44. The Morgan fingerprint density at radius 1 is 1.15 bits per heavy atom. The smallest absolute Gasteiger partial charge is 0.416 e. The largest absolute Gasteiger partial charge is 0.508 e. The number of alkyl halides is 3. The molecule has 0 aromatic heterocycles. The van der Waals surface area contributed by atoms with Crippen LogP contribution in [0.2, 0.25) is 0 Å². The number of quaternary nitrogens is 1. The van der Waals surface area contributed by atoms with E-state index in [1.807, 2.05) is 0 Å². The molecule has 3 nitrogen and oxygen atoms in total. The molecule has 0 saturated heterocycles. The molecule has 1 aromatic carbocycles. The highest BCUT2D eigenvalue weighted by atomic mass is 19.4. The lowest BCUT2D eigenvalue weighted by molar-refractivity contribution is -0.825. The third-order valence-electron chi connectivity index (χ3n) is 1.42. The monoisotopic (exact) mass is 194 g/mol. The van der Waals surface area contributed by atoms with Gasteiger partial charge in [0.2, 0.25) is 0 Å². The molecule has 0 saturated carbocycles. The first-order valence-electron chi connectivity index (χ1n) is 3.32. The van der Waals surface area contributed by atoms with Gasteiger partial charge in [0.1, 0.15) is 5.75 Å². The van der Waals surface area contributed by atoms with Gasteiger partial charge in [-0.3, -0.25) is 0 Å². The summed E-state index contributed by atoms with van der Waals surface area (Å²) in [6.45, 7) is 0. The summed E-state index contributed by atoms with van der Waals surface area (Å²) in [5.41, 5.74) is -0.588. The second-order valence-electron chi connectivity index (χ2n) is 2.44. The molecule has 6 heteroatoms. The number of phenolic OH excluding ortho intramolecular Hbond substituents is 1. The molecule has 0 amide bonds. The van der Waals surface area contributed by atoms with Gasteiger partial charge in [-0.05, 0) is 6.07 Å². The summed E-state index contributed by atoms with van der Waals surface area (Å²) in [4.78, 5) is 0. The summed E-state index contributed by atoms with van der Waals surface area (Å²) in [7, 11) is 0. The Morgan fingerprint density at radius 2 is 1.77 bits per heavy atom. The molecule has 13 heavy (non-hydrogen) atoms. The van der Waals surface area contributed by atoms with E-state index >= 15 is 0 Å². The van der Waals surface area contributed by atoms with E-state index < -0.39 is 17.5 Å². The molecular weight excluding hydrogens is 187 g/mol. The fourth-order valence-corrected chi connectivity index (χ4v) is 0.873. The highest BCUT2D eigenvalue weighted by Crippen LogP contribution is 2.32. The molecule has 0 bridgehead atoms. The molecule has 0 heterocycles. The second kappa shape index (κ2) is 3.23. The van der Waals surface area contributed by atoms with Crippen LogP contribution in [0.5, 0.6) is 5.75 Å². The Balaban J connectivity index is 3.16. The van der Waals surface area contributed by atoms with Crippen LogP contribution in [0, 0.1) is 0 Å². The normalized spacial score (nSPS) is 11.7. The predicted molar refractivity (Wildman–Crippen MR) is 36.5 cm³/mol. The summed E-state index contributed by atoms with van der Waals surface area (Å²) >= 11 is 0. The molecule has 0 aliphatic rings. The van der Waals surface area contributed by atoms with Crippen LogP contribution in [0.1, 0.15) is 5.56 Å². The zero-order valence-corrected chi connectivity index (χ0v) is 6.34. The molecule has 0 unspecified atom stereocenters. The summed E-state index contributed by atoms with van der Waals surface area (Å²) in [5.74, 6) is -0.532. The predicted octanol–water partition coefficient (Wildman–Crippen LogP) is 0.995. The summed E-state index contributed by atoms with van der Waals surface area (Å²) in [5, 5.41) is 17.3. The Bertz CT molecular complexity index is 311. The third kappa shape index (κ3) is 2.33. The minimum absolute atomic E-state index is 0.0904. The fourth-order valence-electron chi connectivity index (χ4n) is 0.873. The van der Waals surface area contributed by atoms with Crippen molar-refractivity contribution in [1.29, 1.82) is 0 Å². The van der Waals surface area contributed by atoms with Gasteiger partial charge in [0.15, 0.2) is 5.69 Å². The third-order valence-corrected chi connectivity index (χ3v) is 1.42. The van der Waals surface area contributed by atoms with Crippen molar-refractivity contribution in [3.8, 4) is 5.75 Å². The van der Waals surface area contributed by atoms with Gasteiger partial charge < -0.3 is 5.11 Å². The maximum atomic E-state index is 12.1. The van der Waals surface area contributed by atoms with Crippen LogP contribution in [0.15, 0.2) is 18.2 Å². The first kappa shape index (κ1) is 9.82. The van der Waals surface area contributed by atoms with Gasteiger partial charge in [-0.15, -0.1) is 0 Å². The molecule has 0 atom stereocenters. The maximum Gasteiger partial charge on any atom is 0.416 e. The van der Waals surface area contributed by atoms with Gasteiger partial charge in [0.25, 0.3) is 0 Å². The minimum Gasteiger partial charge on any atom is -0.508 e. The average molecular weight is 194 g/mol. The summed E-state index contributed by atoms with van der Waals surface area (Å²) < 4.78 is 36.2. The lowest BCUT2D eigenvalue weighted by Gasteiger charge is -2.06. The molecule has 0 spiro atoms. The Kier molecular flexibility index (Phi) is 2.44. The van der Waals surface area contributed by atoms with Crippen LogP contribution in [0.25, 0.3) is 0 Å². The first-order chi connectivity index (χ1) is 5.93. The Labute approximate surface area is 71.4 Å². The number of hydrogen-bond acceptors (Lipinski definition) is 2. The van der Waals surface area contributed by atoms with E-state index in [1.54, 1.807) is 0 Å². The molecule has 1 rings (SSSR count). The van der Waals surface area contributed by atoms with E-state index in [0.717, 1.165) is 12.1 Å². The van der Waals surface area contributed by atoms with Crippen LogP contribution in [0.3, 0.4) is 0 Å². The van der Waals surface area contributed by atoms with Crippen molar-refractivity contribution in [3.05, 3.63) is 23.8 Å². The SMILES string of the molecule is O[NH2+]c1cc(O)cc(C(F)(F)F)c1. The molecule has 0 aliphatic heterocycles. The fraction of sp³-hybridized carbons (Fsp3) is 0.143. The van der Waals surface area contributed by atoms with Gasteiger partial charge in [-0.1, -0.05) is 0 Å². The van der Waals surface area contributed by atoms with Crippen LogP contribution in [-0.2, 0) is 6.18 Å². The first-order valence-corrected chi connectivity index (χ1v) is 3.32. The van der Waals surface area contributed by atoms with Crippen LogP contribution >= 0.6 is 0 Å². The molecule has 0 fully saturated rings. The summed E-state index contributed by atoms with van der Waals surface area (Å²) in [6, 6.07) is 2.35. The van der Waals surface area contributed by atoms with E-state index in [-0.39, 0.29) is 5.69 Å². The highest BCUT2D eigenvalue weighted by Gasteiger charge is 2.31. The van der Waals surface area contributed by atoms with Crippen molar-refractivity contribution in [2.45, 2.75) is 6.18 Å². The van der Waals surface area contributed by atoms with Crippen molar-refractivity contribution < 1.29 is 29.0 Å². The lowest BCUT2D eigenvalue weighted by Crippen LogP contribution is -2.73. The average Bonchev–Trinajstić information content (AvgIpc) is 2.01. The van der Waals surface area contributed by atoms with E-state index in [0.29, 0.717) is 11.5 Å². The van der Waals surface area contributed by atoms with Crippen molar-refractivity contribution >= 4 is 5.69 Å². The van der Waals surface area contributed by atoms with E-state index in [2.05, 4.69) is 0 Å². The van der Waals surface area contributed by atoms with E-state index in [4.69, 9.17) is 10.3 Å². The van der Waals surface area contributed by atoms with Crippen LogP contribution in [-0.4, -0.2) is 10.3 Å². The molecule has 0 aliphatic carbocycles. The van der Waals surface area contributed by atoms with Crippen molar-refractivity contribution in [2.75, 3.05) is 0 Å². The quantitative estimate of drug-likeness (QED) is 0.461. The molecular formula is C7H7F3NO2+. The number of benzene rings is 1. The molecule has 0 radical (unpaired) electrons. The van der Waals surface area contributed by atoms with Gasteiger partial charge in [-0.25, -0.2) is 5.21 Å². The Hall–Kier alpha value is -1.27. The van der Waals surface area contributed by atoms with E-state index in [1.165, 1.54) is 0 Å². The number of rotatable bonds is 1. The number of phenols is 1. The van der Waals surface area contributed by atoms with E-state index in [9.17, 15) is 13.2 Å². The van der Waals surface area contributed by atoms with Gasteiger partial charge in [0.05, 0.1) is 5.56 Å². The zero-order valence-electron chi connectivity index (χ0n) is 6.34. The van der Waals surface area contributed by atoms with Crippen LogP contribution in [0.4, 0.5) is 18.9 Å². The zero-order chi connectivity index (χ0) is 10.1. The number of hydrogen-bond donors (Lipinski definition) is 3. The molecule has 72 valence electrons. The summed E-state index contributed by atoms with van der Waals surface area (Å²) in [6.07, 6.45) is -4.52. The maximum absolute atomic E-state index is 12.1. The number of aromatic hydroxyl groups is 1. The highest BCUT2D eigenvalue weighted by molar-refractivity contribution is 5.42. The van der Waals surface area contributed by atoms with Crippen LogP contribution < -0.4 is 5.48 Å². The topological polar surface area (TPSA) is 57.1 Å². The van der Waals surface area contributed by atoms with Crippen molar-refractivity contribution in [3.63, 3.8) is 0 Å². The Morgan fingerprint density at radius 3 is 2.23 bits per heavy atom. The number of halogens is 3. The van der Waals surface area contributed by atoms with Crippen molar-refractivity contribution in [2.24, 2.45) is 0 Å². The van der Waals surface area contributed by atoms with Gasteiger partial charge >= 0.3 is 6.18 Å². The van der Waals surface area contributed by atoms with Gasteiger partial charge in [-0.2, -0.15) is 18.7 Å².